The molecule has 2 aliphatic heterocycles. The van der Waals surface area contributed by atoms with Crippen molar-refractivity contribution < 1.29 is 9.47 Å². The number of hydrogen-bond acceptors (Lipinski definition) is 4. The van der Waals surface area contributed by atoms with E-state index in [0.29, 0.717) is 0 Å². The minimum atomic E-state index is 0.751. The average molecular weight is 290 g/mol. The first-order valence-corrected chi connectivity index (χ1v) is 8.16. The molecule has 1 saturated heterocycles. The van der Waals surface area contributed by atoms with Crippen LogP contribution < -0.4 is 15.2 Å². The molecule has 0 radical (unpaired) electrons. The van der Waals surface area contributed by atoms with Crippen LogP contribution in [0.15, 0.2) is 18.2 Å². The van der Waals surface area contributed by atoms with Gasteiger partial charge in [0, 0.05) is 13.0 Å². The fourth-order valence-electron chi connectivity index (χ4n) is 3.23. The number of ether oxygens (including phenoxy) is 2. The number of benzene rings is 1. The monoisotopic (exact) mass is 290 g/mol. The molecular formula is C17H26N2O2. The lowest BCUT2D eigenvalue weighted by Crippen LogP contribution is -2.33. The van der Waals surface area contributed by atoms with Crippen LogP contribution >= 0.6 is 0 Å². The number of fused-ring (bicyclic) bond motifs is 1. The van der Waals surface area contributed by atoms with Gasteiger partial charge in [0.2, 0.25) is 0 Å². The van der Waals surface area contributed by atoms with Gasteiger partial charge in [-0.2, -0.15) is 0 Å². The van der Waals surface area contributed by atoms with Crippen LogP contribution in [-0.4, -0.2) is 37.7 Å². The molecule has 0 aliphatic carbocycles. The maximum absolute atomic E-state index is 5.77. The van der Waals surface area contributed by atoms with E-state index in [1.165, 1.54) is 37.9 Å². The van der Waals surface area contributed by atoms with E-state index in [9.17, 15) is 0 Å². The molecule has 2 N–H and O–H groups in total. The first-order valence-electron chi connectivity index (χ1n) is 8.16. The summed E-state index contributed by atoms with van der Waals surface area (Å²) in [5, 5.41) is 0. The summed E-state index contributed by atoms with van der Waals surface area (Å²) >= 11 is 0. The Morgan fingerprint density at radius 3 is 2.62 bits per heavy atom. The molecule has 0 amide bonds. The second-order valence-corrected chi connectivity index (χ2v) is 6.13. The van der Waals surface area contributed by atoms with Crippen LogP contribution in [0.25, 0.3) is 0 Å². The first kappa shape index (κ1) is 14.7. The summed E-state index contributed by atoms with van der Waals surface area (Å²) in [4.78, 5) is 2.53. The molecule has 21 heavy (non-hydrogen) atoms. The van der Waals surface area contributed by atoms with Crippen molar-refractivity contribution in [2.75, 3.05) is 32.8 Å². The highest BCUT2D eigenvalue weighted by Gasteiger charge is 2.19. The summed E-state index contributed by atoms with van der Waals surface area (Å²) in [5.41, 5.74) is 6.97. The van der Waals surface area contributed by atoms with Gasteiger partial charge >= 0.3 is 0 Å². The lowest BCUT2D eigenvalue weighted by Gasteiger charge is -2.31. The van der Waals surface area contributed by atoms with Crippen molar-refractivity contribution in [2.24, 2.45) is 11.7 Å². The molecule has 1 fully saturated rings. The van der Waals surface area contributed by atoms with E-state index in [0.717, 1.165) is 50.1 Å². The molecule has 0 unspecified atom stereocenters. The molecule has 0 aromatic heterocycles. The van der Waals surface area contributed by atoms with Crippen molar-refractivity contribution in [3.8, 4) is 11.5 Å². The van der Waals surface area contributed by atoms with Crippen LogP contribution in [0.2, 0.25) is 0 Å². The van der Waals surface area contributed by atoms with Gasteiger partial charge in [0.05, 0.1) is 13.2 Å². The Balaban J connectivity index is 1.57. The Labute approximate surface area is 127 Å². The van der Waals surface area contributed by atoms with E-state index in [1.54, 1.807) is 0 Å². The predicted molar refractivity (Wildman–Crippen MR) is 83.7 cm³/mol. The van der Waals surface area contributed by atoms with Crippen molar-refractivity contribution in [3.63, 3.8) is 0 Å². The van der Waals surface area contributed by atoms with Crippen LogP contribution in [0.3, 0.4) is 0 Å². The zero-order chi connectivity index (χ0) is 14.5. The van der Waals surface area contributed by atoms with Gasteiger partial charge in [0.25, 0.3) is 0 Å². The summed E-state index contributed by atoms with van der Waals surface area (Å²) in [6.07, 6.45) is 4.69. The third-order valence-corrected chi connectivity index (χ3v) is 4.50. The minimum absolute atomic E-state index is 0.751. The van der Waals surface area contributed by atoms with E-state index in [1.807, 2.05) is 0 Å². The minimum Gasteiger partial charge on any atom is -0.490 e. The Bertz CT molecular complexity index is 456. The molecule has 0 spiro atoms. The summed E-state index contributed by atoms with van der Waals surface area (Å²) in [6.45, 7) is 5.69. The van der Waals surface area contributed by atoms with Crippen LogP contribution in [0.4, 0.5) is 0 Å². The zero-order valence-corrected chi connectivity index (χ0v) is 12.7. The fraction of sp³-hybridized carbons (Fsp3) is 0.647. The highest BCUT2D eigenvalue weighted by molar-refractivity contribution is 5.43. The van der Waals surface area contributed by atoms with E-state index < -0.39 is 0 Å². The van der Waals surface area contributed by atoms with Crippen molar-refractivity contribution in [1.29, 1.82) is 0 Å². The maximum Gasteiger partial charge on any atom is 0.161 e. The molecule has 2 heterocycles. The third-order valence-electron chi connectivity index (χ3n) is 4.50. The largest absolute Gasteiger partial charge is 0.490 e. The summed E-state index contributed by atoms with van der Waals surface area (Å²) < 4.78 is 11.5. The van der Waals surface area contributed by atoms with E-state index in [2.05, 4.69) is 23.1 Å². The summed E-state index contributed by atoms with van der Waals surface area (Å²) in [5.74, 6) is 2.62. The van der Waals surface area contributed by atoms with Crippen molar-refractivity contribution in [2.45, 2.75) is 32.2 Å². The molecule has 0 atom stereocenters. The van der Waals surface area contributed by atoms with Gasteiger partial charge in [-0.3, -0.25) is 4.90 Å². The number of rotatable bonds is 4. The number of piperidine rings is 1. The normalized spacial score (nSPS) is 20.2. The van der Waals surface area contributed by atoms with Crippen molar-refractivity contribution in [3.05, 3.63) is 23.8 Å². The SMILES string of the molecule is NCCC1CCN(Cc2ccc3c(c2)OCCCO3)CC1. The van der Waals surface area contributed by atoms with Crippen molar-refractivity contribution >= 4 is 0 Å². The first-order chi connectivity index (χ1) is 10.3. The lowest BCUT2D eigenvalue weighted by molar-refractivity contribution is 0.173. The van der Waals surface area contributed by atoms with Crippen LogP contribution in [0.5, 0.6) is 11.5 Å². The number of hydrogen-bond donors (Lipinski definition) is 1. The quantitative estimate of drug-likeness (QED) is 0.925. The lowest BCUT2D eigenvalue weighted by atomic mass is 9.93. The molecule has 2 aliphatic rings. The molecule has 0 bridgehead atoms. The zero-order valence-electron chi connectivity index (χ0n) is 12.7. The van der Waals surface area contributed by atoms with E-state index >= 15 is 0 Å². The molecular weight excluding hydrogens is 264 g/mol. The molecule has 116 valence electrons. The average Bonchev–Trinajstić information content (AvgIpc) is 2.74. The summed E-state index contributed by atoms with van der Waals surface area (Å²) in [6, 6.07) is 6.36. The fourth-order valence-corrected chi connectivity index (χ4v) is 3.23. The van der Waals surface area contributed by atoms with E-state index in [4.69, 9.17) is 15.2 Å². The highest BCUT2D eigenvalue weighted by atomic mass is 16.5. The second kappa shape index (κ2) is 7.14. The van der Waals surface area contributed by atoms with Gasteiger partial charge in [0.15, 0.2) is 11.5 Å². The smallest absolute Gasteiger partial charge is 0.161 e. The number of nitrogens with zero attached hydrogens (tertiary/aromatic N) is 1. The molecule has 3 rings (SSSR count). The van der Waals surface area contributed by atoms with Crippen LogP contribution in [0, 0.1) is 5.92 Å². The number of nitrogens with two attached hydrogens (primary N) is 1. The van der Waals surface area contributed by atoms with Gasteiger partial charge in [-0.05, 0) is 62.5 Å². The molecule has 1 aromatic carbocycles. The van der Waals surface area contributed by atoms with Crippen LogP contribution in [0.1, 0.15) is 31.2 Å². The predicted octanol–water partition coefficient (Wildman–Crippen LogP) is 2.41. The Morgan fingerprint density at radius 2 is 1.86 bits per heavy atom. The molecule has 1 aromatic rings. The Morgan fingerprint density at radius 1 is 1.10 bits per heavy atom. The van der Waals surface area contributed by atoms with Crippen LogP contribution in [-0.2, 0) is 6.54 Å². The van der Waals surface area contributed by atoms with Gasteiger partial charge in [0.1, 0.15) is 0 Å². The topological polar surface area (TPSA) is 47.7 Å². The summed E-state index contributed by atoms with van der Waals surface area (Å²) in [7, 11) is 0. The van der Waals surface area contributed by atoms with Gasteiger partial charge in [-0.25, -0.2) is 0 Å². The second-order valence-electron chi connectivity index (χ2n) is 6.13. The molecule has 0 saturated carbocycles. The van der Waals surface area contributed by atoms with Gasteiger partial charge in [-0.15, -0.1) is 0 Å². The third kappa shape index (κ3) is 3.89. The highest BCUT2D eigenvalue weighted by Crippen LogP contribution is 2.31. The van der Waals surface area contributed by atoms with E-state index in [-0.39, 0.29) is 0 Å². The standard InChI is InChI=1S/C17H26N2O2/c18-7-4-14-5-8-19(9-6-14)13-15-2-3-16-17(12-15)21-11-1-10-20-16/h2-3,12,14H,1,4-11,13,18H2. The van der Waals surface area contributed by atoms with Gasteiger partial charge in [-0.1, -0.05) is 6.07 Å². The Kier molecular flexibility index (Phi) is 4.99. The number of likely N-dealkylation sites (tertiary alicyclic amines) is 1. The van der Waals surface area contributed by atoms with Gasteiger partial charge < -0.3 is 15.2 Å². The van der Waals surface area contributed by atoms with Crippen molar-refractivity contribution in [1.82, 2.24) is 4.90 Å². The molecule has 4 heteroatoms. The maximum atomic E-state index is 5.77. The molecule has 4 nitrogen and oxygen atoms in total. The Hall–Kier alpha value is -1.26.